The minimum Gasteiger partial charge on any atom is -0.381 e. The molecule has 0 saturated heterocycles. The summed E-state index contributed by atoms with van der Waals surface area (Å²) in [6, 6.07) is 7.72. The monoisotopic (exact) mass is 440 g/mol. The zero-order chi connectivity index (χ0) is 23.5. The number of nitrogens with zero attached hydrogens (tertiary/aromatic N) is 3. The summed E-state index contributed by atoms with van der Waals surface area (Å²) in [4.78, 5) is 20.4. The molecule has 0 bridgehead atoms. The second-order valence-corrected chi connectivity index (χ2v) is 10.4. The van der Waals surface area contributed by atoms with Gasteiger partial charge in [0.05, 0.1) is 24.3 Å². The van der Waals surface area contributed by atoms with E-state index < -0.39 is 16.6 Å². The Morgan fingerprint density at radius 1 is 1.44 bits per heavy atom. The summed E-state index contributed by atoms with van der Waals surface area (Å²) in [5.74, 6) is 0.178. The van der Waals surface area contributed by atoms with Crippen molar-refractivity contribution in [2.75, 3.05) is 13.7 Å². The van der Waals surface area contributed by atoms with Gasteiger partial charge in [0.2, 0.25) is 0 Å². The van der Waals surface area contributed by atoms with Crippen LogP contribution in [0.3, 0.4) is 0 Å². The van der Waals surface area contributed by atoms with Gasteiger partial charge in [-0.15, -0.1) is 0 Å². The molecule has 1 aromatic rings. The minimum atomic E-state index is -1.62. The fraction of sp³-hybridized carbons (Fsp3) is 0.640. The lowest BCUT2D eigenvalue weighted by Crippen LogP contribution is -2.58. The maximum Gasteiger partial charge on any atom is 0.262 e. The van der Waals surface area contributed by atoms with E-state index in [1.165, 1.54) is 18.7 Å². The highest BCUT2D eigenvalue weighted by Gasteiger charge is 2.69. The molecule has 1 saturated carbocycles. The number of hydrogen-bond donors (Lipinski definition) is 1. The molecule has 4 rings (SSSR count). The van der Waals surface area contributed by atoms with Crippen molar-refractivity contribution in [1.82, 2.24) is 4.90 Å². The van der Waals surface area contributed by atoms with Crippen molar-refractivity contribution < 1.29 is 13.9 Å². The molecule has 1 aliphatic heterocycles. The average Bonchev–Trinajstić information content (AvgIpc) is 3.15. The van der Waals surface area contributed by atoms with Gasteiger partial charge in [-0.3, -0.25) is 9.69 Å². The second kappa shape index (κ2) is 7.55. The molecule has 1 unspecified atom stereocenters. The number of fused-ring (bicyclic) bond motifs is 3. The Hall–Kier alpha value is -2.46. The molecule has 2 aliphatic carbocycles. The minimum absolute atomic E-state index is 0.0597. The number of ether oxygens (including phenoxy) is 1. The average molecular weight is 441 g/mol. The van der Waals surface area contributed by atoms with Crippen molar-refractivity contribution in [2.24, 2.45) is 28.0 Å². The predicted octanol–water partition coefficient (Wildman–Crippen LogP) is 3.67. The van der Waals surface area contributed by atoms with E-state index in [-0.39, 0.29) is 36.4 Å². The number of carbonyl (C=O) groups is 1. The first-order valence-electron chi connectivity index (χ1n) is 11.5. The zero-order valence-electron chi connectivity index (χ0n) is 19.6. The van der Waals surface area contributed by atoms with Gasteiger partial charge in [-0.1, -0.05) is 26.3 Å². The van der Waals surface area contributed by atoms with E-state index in [1.54, 1.807) is 19.2 Å². The van der Waals surface area contributed by atoms with Crippen molar-refractivity contribution >= 4 is 11.9 Å². The number of carbonyl (C=O) groups excluding carboxylic acids is 1. The number of hydrogen-bond acceptors (Lipinski definition) is 5. The summed E-state index contributed by atoms with van der Waals surface area (Å²) >= 11 is 0. The summed E-state index contributed by atoms with van der Waals surface area (Å²) in [5, 5.41) is 9.55. The molecule has 5 atom stereocenters. The van der Waals surface area contributed by atoms with Crippen LogP contribution in [0.4, 0.5) is 4.39 Å². The highest BCUT2D eigenvalue weighted by atomic mass is 19.1. The van der Waals surface area contributed by atoms with Crippen LogP contribution >= 0.6 is 0 Å². The first-order chi connectivity index (χ1) is 15.0. The molecule has 32 heavy (non-hydrogen) atoms. The van der Waals surface area contributed by atoms with Crippen molar-refractivity contribution in [3.63, 3.8) is 0 Å². The Kier molecular flexibility index (Phi) is 5.36. The predicted molar refractivity (Wildman–Crippen MR) is 120 cm³/mol. The fourth-order valence-corrected chi connectivity index (χ4v) is 6.49. The quantitative estimate of drug-likeness (QED) is 0.773. The number of nitriles is 1. The summed E-state index contributed by atoms with van der Waals surface area (Å²) < 4.78 is 20.5. The van der Waals surface area contributed by atoms with Gasteiger partial charge in [0.1, 0.15) is 5.67 Å². The lowest BCUT2D eigenvalue weighted by Gasteiger charge is -2.52. The van der Waals surface area contributed by atoms with E-state index in [0.29, 0.717) is 12.0 Å². The molecule has 1 fully saturated rings. The lowest BCUT2D eigenvalue weighted by molar-refractivity contribution is -0.145. The smallest absolute Gasteiger partial charge is 0.262 e. The largest absolute Gasteiger partial charge is 0.381 e. The van der Waals surface area contributed by atoms with E-state index in [2.05, 4.69) is 19.9 Å². The maximum absolute atomic E-state index is 14.6. The van der Waals surface area contributed by atoms with Crippen LogP contribution in [0.2, 0.25) is 0 Å². The normalized spacial score (nSPS) is 34.2. The Morgan fingerprint density at radius 3 is 2.75 bits per heavy atom. The van der Waals surface area contributed by atoms with E-state index in [0.717, 1.165) is 30.4 Å². The molecule has 3 aliphatic rings. The van der Waals surface area contributed by atoms with Crippen molar-refractivity contribution in [3.8, 4) is 6.07 Å². The van der Waals surface area contributed by atoms with Crippen LogP contribution in [-0.2, 0) is 21.5 Å². The van der Waals surface area contributed by atoms with Gasteiger partial charge >= 0.3 is 0 Å². The third-order valence-electron chi connectivity index (χ3n) is 8.01. The number of methoxy groups -OCH3 is 1. The highest BCUT2D eigenvalue weighted by Crippen LogP contribution is 2.65. The maximum atomic E-state index is 14.6. The Bertz CT molecular complexity index is 1010. The molecule has 1 aromatic carbocycles. The van der Waals surface area contributed by atoms with Crippen LogP contribution in [0.5, 0.6) is 0 Å². The van der Waals surface area contributed by atoms with Crippen LogP contribution in [0, 0.1) is 28.6 Å². The van der Waals surface area contributed by atoms with Gasteiger partial charge in [-0.05, 0) is 68.2 Å². The number of amides is 1. The highest BCUT2D eigenvalue weighted by molar-refractivity contribution is 6.08. The number of guanidine groups is 1. The molecule has 2 spiro atoms. The van der Waals surface area contributed by atoms with E-state index in [4.69, 9.17) is 15.5 Å². The Balaban J connectivity index is 1.93. The number of benzene rings is 1. The molecule has 7 heteroatoms. The molecule has 0 aromatic heterocycles. The van der Waals surface area contributed by atoms with Gasteiger partial charge < -0.3 is 10.5 Å². The fourth-order valence-electron chi connectivity index (χ4n) is 6.49. The molecule has 0 radical (unpaired) electrons. The summed E-state index contributed by atoms with van der Waals surface area (Å²) in [7, 11) is 1.75. The van der Waals surface area contributed by atoms with Crippen molar-refractivity contribution in [2.45, 2.75) is 70.7 Å². The molecular formula is C25H33FN4O2. The zero-order valence-corrected chi connectivity index (χ0v) is 19.6. The SMILES string of the molecule is CC[C@@H]1C[C@@]2(Cc3ccc(C#N)cc3[C@]23N=C(N)N(CC(C)(C)F)C3=O)C(C)C[C@H]1OC. The molecular weight excluding hydrogens is 407 g/mol. The lowest BCUT2D eigenvalue weighted by atomic mass is 9.53. The van der Waals surface area contributed by atoms with E-state index >= 15 is 0 Å². The van der Waals surface area contributed by atoms with Crippen LogP contribution in [0.25, 0.3) is 0 Å². The second-order valence-electron chi connectivity index (χ2n) is 10.4. The third-order valence-corrected chi connectivity index (χ3v) is 8.01. The van der Waals surface area contributed by atoms with Gasteiger partial charge in [0.25, 0.3) is 5.91 Å². The summed E-state index contributed by atoms with van der Waals surface area (Å²) in [6.45, 7) is 7.03. The van der Waals surface area contributed by atoms with Gasteiger partial charge in [-0.2, -0.15) is 5.26 Å². The topological polar surface area (TPSA) is 91.7 Å². The van der Waals surface area contributed by atoms with Crippen LogP contribution in [-0.4, -0.2) is 42.2 Å². The molecule has 172 valence electrons. The Labute approximate surface area is 189 Å². The van der Waals surface area contributed by atoms with Crippen molar-refractivity contribution in [1.29, 1.82) is 5.26 Å². The van der Waals surface area contributed by atoms with Crippen LogP contribution in [0.1, 0.15) is 63.6 Å². The first-order valence-corrected chi connectivity index (χ1v) is 11.5. The molecule has 1 amide bonds. The molecule has 2 N–H and O–H groups in total. The summed E-state index contributed by atoms with van der Waals surface area (Å²) in [6.07, 6.45) is 3.30. The van der Waals surface area contributed by atoms with Crippen molar-refractivity contribution in [3.05, 3.63) is 34.9 Å². The molecule has 6 nitrogen and oxygen atoms in total. The van der Waals surface area contributed by atoms with Crippen LogP contribution in [0.15, 0.2) is 23.2 Å². The number of halogens is 1. The first kappa shape index (κ1) is 22.7. The van der Waals surface area contributed by atoms with E-state index in [9.17, 15) is 14.4 Å². The molecule has 1 heterocycles. The number of aliphatic imine (C=N–C) groups is 1. The van der Waals surface area contributed by atoms with Crippen LogP contribution < -0.4 is 5.73 Å². The number of nitrogens with two attached hydrogens (primary N) is 1. The summed E-state index contributed by atoms with van der Waals surface area (Å²) in [5.41, 5.74) is 5.21. The van der Waals surface area contributed by atoms with Gasteiger partial charge in [0.15, 0.2) is 11.5 Å². The van der Waals surface area contributed by atoms with Gasteiger partial charge in [0, 0.05) is 12.5 Å². The third kappa shape index (κ3) is 3.07. The number of rotatable bonds is 4. The van der Waals surface area contributed by atoms with E-state index in [1.807, 2.05) is 6.07 Å². The number of alkyl halides is 1. The van der Waals surface area contributed by atoms with Gasteiger partial charge in [-0.25, -0.2) is 9.38 Å². The Morgan fingerprint density at radius 2 is 2.16 bits per heavy atom. The standard InChI is InChI=1S/C25H33FN4O2/c1-6-17-11-24(15(2)9-20(17)32-5)12-18-8-7-16(13-27)10-19(18)25(24)21(31)30(22(28)29-25)14-23(3,4)26/h7-8,10,15,17,20H,6,9,11-12,14H2,1-5H3,(H2,28,29)/t15?,17-,20-,24-,25-/m1/s1.